The van der Waals surface area contributed by atoms with Gasteiger partial charge in [-0.1, -0.05) is 38.5 Å². The maximum Gasteiger partial charge on any atom is 0.407 e. The van der Waals surface area contributed by atoms with Crippen LogP contribution in [0.1, 0.15) is 97.8 Å². The molecule has 0 saturated carbocycles. The smallest absolute Gasteiger partial charge is 0.407 e. The molecule has 75 heavy (non-hydrogen) atoms. The number of carbonyl (C=O) groups excluding carboxylic acids is 3. The van der Waals surface area contributed by atoms with Crippen molar-refractivity contribution in [3.05, 3.63) is 31.5 Å². The van der Waals surface area contributed by atoms with Crippen LogP contribution in [0.15, 0.2) is 14.4 Å². The lowest BCUT2D eigenvalue weighted by Crippen LogP contribution is -2.54. The van der Waals surface area contributed by atoms with Crippen molar-refractivity contribution in [1.82, 2.24) is 44.4 Å². The van der Waals surface area contributed by atoms with Gasteiger partial charge in [0.1, 0.15) is 18.3 Å². The van der Waals surface area contributed by atoms with Gasteiger partial charge in [-0.05, 0) is 59.3 Å². The van der Waals surface area contributed by atoms with E-state index in [4.69, 9.17) is 42.6 Å². The van der Waals surface area contributed by atoms with Gasteiger partial charge >= 0.3 is 35.3 Å². The number of carbonyl (C=O) groups is 3. The minimum absolute atomic E-state index is 0.144. The van der Waals surface area contributed by atoms with E-state index in [1.54, 1.807) is 21.3 Å². The Hall–Kier alpha value is -4.14. The van der Waals surface area contributed by atoms with Gasteiger partial charge in [-0.25, -0.2) is 42.5 Å². The highest BCUT2D eigenvalue weighted by Gasteiger charge is 2.34. The standard InChI is InChI=1S/C51H93N9O15/c1-40-31-55(40)34-43(37-70-28-25-67-4)73-46(61)52-19-13-7-10-16-22-58-49(64)59(23-17-11-8-14-20-53-47(62)74-44(35-56-32-41(56)2)38-71-29-26-68-5)51(66)60(50(58)65)24-18-12-9-15-21-54-48(63)75-45(36-57-33-42(57)3)39-72-30-27-69-6/h40-45H,7-39H2,1-6H3,(H,52,61)(H,53,62)(H,54,63). The van der Waals surface area contributed by atoms with Crippen LogP contribution in [0.4, 0.5) is 14.4 Å². The van der Waals surface area contributed by atoms with Crippen LogP contribution in [-0.2, 0) is 62.3 Å². The van der Waals surface area contributed by atoms with Gasteiger partial charge < -0.3 is 58.6 Å². The number of rotatable bonds is 45. The summed E-state index contributed by atoms with van der Waals surface area (Å²) in [5.74, 6) is 0. The van der Waals surface area contributed by atoms with Gasteiger partial charge in [-0.15, -0.1) is 0 Å². The molecule has 3 fully saturated rings. The second-order valence-electron chi connectivity index (χ2n) is 20.0. The average molecular weight is 1070 g/mol. The van der Waals surface area contributed by atoms with Crippen LogP contribution in [0.25, 0.3) is 0 Å². The summed E-state index contributed by atoms with van der Waals surface area (Å²) in [7, 11) is 4.81. The number of amides is 3. The maximum atomic E-state index is 13.8. The number of hydrogen-bond donors (Lipinski definition) is 3. The minimum atomic E-state index is -0.629. The van der Waals surface area contributed by atoms with Crippen molar-refractivity contribution in [3.63, 3.8) is 0 Å². The monoisotopic (exact) mass is 1070 g/mol. The Kier molecular flexibility index (Phi) is 31.1. The van der Waals surface area contributed by atoms with E-state index in [9.17, 15) is 28.8 Å². The highest BCUT2D eigenvalue weighted by Crippen LogP contribution is 2.19. The predicted molar refractivity (Wildman–Crippen MR) is 281 cm³/mol. The zero-order valence-corrected chi connectivity index (χ0v) is 46.1. The van der Waals surface area contributed by atoms with Crippen molar-refractivity contribution >= 4 is 18.3 Å². The highest BCUT2D eigenvalue weighted by molar-refractivity contribution is 5.68. The van der Waals surface area contributed by atoms with Gasteiger partial charge in [0, 0.05) is 118 Å². The molecular weight excluding hydrogens is 979 g/mol. The van der Waals surface area contributed by atoms with Gasteiger partial charge in [0.2, 0.25) is 0 Å². The van der Waals surface area contributed by atoms with Crippen molar-refractivity contribution in [1.29, 1.82) is 0 Å². The number of nitrogens with zero attached hydrogens (tertiary/aromatic N) is 6. The SMILES string of the molecule is COCCOCC(CN1CC1C)OC(=O)NCCCCCCn1c(=O)n(CCCCCCNC(=O)OC(COCCOC)CN2CC2C)c(=O)n(CCCCCCNC(=O)OC(COCCOC)CN2CC2C)c1=O. The van der Waals surface area contributed by atoms with Crippen LogP contribution >= 0.6 is 0 Å². The number of ether oxygens (including phenoxy) is 9. The van der Waals surface area contributed by atoms with E-state index in [1.165, 1.54) is 13.7 Å². The summed E-state index contributed by atoms with van der Waals surface area (Å²) >= 11 is 0. The first kappa shape index (κ1) is 63.4. The molecule has 1 aromatic heterocycles. The van der Waals surface area contributed by atoms with Crippen molar-refractivity contribution < 1.29 is 57.0 Å². The third-order valence-corrected chi connectivity index (χ3v) is 13.4. The van der Waals surface area contributed by atoms with Crippen LogP contribution in [0.3, 0.4) is 0 Å². The third-order valence-electron chi connectivity index (χ3n) is 13.4. The van der Waals surface area contributed by atoms with Gasteiger partial charge in [0.05, 0.1) is 59.5 Å². The summed E-state index contributed by atoms with van der Waals surface area (Å²) < 4.78 is 52.5. The normalized spacial score (nSPS) is 20.7. The molecule has 24 heteroatoms. The number of alkyl carbamates (subject to hydrolysis) is 3. The van der Waals surface area contributed by atoms with Crippen LogP contribution in [0.2, 0.25) is 0 Å². The van der Waals surface area contributed by atoms with Crippen molar-refractivity contribution in [3.8, 4) is 0 Å². The fraction of sp³-hybridized carbons (Fsp3) is 0.882. The van der Waals surface area contributed by atoms with E-state index in [1.807, 2.05) is 0 Å². The topological polar surface area (TPSA) is 245 Å². The molecule has 0 bridgehead atoms. The Balaban J connectivity index is 1.23. The molecule has 0 spiro atoms. The largest absolute Gasteiger partial charge is 0.442 e. The minimum Gasteiger partial charge on any atom is -0.442 e. The van der Waals surface area contributed by atoms with Gasteiger partial charge in [0.15, 0.2) is 0 Å². The number of nitrogens with one attached hydrogen (secondary N) is 3. The van der Waals surface area contributed by atoms with Crippen LogP contribution in [0.5, 0.6) is 0 Å². The molecule has 1 aromatic rings. The summed E-state index contributed by atoms with van der Waals surface area (Å²) in [4.78, 5) is 85.9. The molecule has 3 aliphatic rings. The summed E-state index contributed by atoms with van der Waals surface area (Å²) in [6, 6.07) is 1.38. The Morgan fingerprint density at radius 2 is 0.680 bits per heavy atom. The summed E-state index contributed by atoms with van der Waals surface area (Å²) in [6.45, 7) is 16.1. The van der Waals surface area contributed by atoms with Gasteiger partial charge in [-0.3, -0.25) is 14.7 Å². The van der Waals surface area contributed by atoms with Gasteiger partial charge in [-0.2, -0.15) is 0 Å². The lowest BCUT2D eigenvalue weighted by atomic mass is 10.2. The lowest BCUT2D eigenvalue weighted by molar-refractivity contribution is -0.00214. The zero-order valence-electron chi connectivity index (χ0n) is 46.1. The molecule has 9 atom stereocenters. The molecule has 9 unspecified atom stereocenters. The van der Waals surface area contributed by atoms with Crippen molar-refractivity contribution in [2.75, 3.05) is 140 Å². The van der Waals surface area contributed by atoms with E-state index >= 15 is 0 Å². The molecule has 3 N–H and O–H groups in total. The Morgan fingerprint density at radius 3 is 0.920 bits per heavy atom. The Morgan fingerprint density at radius 1 is 0.427 bits per heavy atom. The van der Waals surface area contributed by atoms with E-state index < -0.39 is 53.7 Å². The molecule has 4 heterocycles. The second-order valence-corrected chi connectivity index (χ2v) is 20.0. The molecule has 3 amide bonds. The molecule has 0 aliphatic carbocycles. The highest BCUT2D eigenvalue weighted by atomic mass is 16.6. The molecule has 4 rings (SSSR count). The number of unbranched alkanes of at least 4 members (excludes halogenated alkanes) is 9. The lowest BCUT2D eigenvalue weighted by Gasteiger charge is -2.19. The maximum absolute atomic E-state index is 13.8. The Labute approximate surface area is 443 Å². The number of methoxy groups -OCH3 is 3. The first-order valence-electron chi connectivity index (χ1n) is 27.5. The van der Waals surface area contributed by atoms with Gasteiger partial charge in [0.25, 0.3) is 0 Å². The fourth-order valence-corrected chi connectivity index (χ4v) is 8.52. The molecule has 0 aromatic carbocycles. The van der Waals surface area contributed by atoms with Crippen LogP contribution in [-0.4, -0.2) is 223 Å². The molecular formula is C51H93N9O15. The van der Waals surface area contributed by atoms with Crippen LogP contribution < -0.4 is 33.0 Å². The van der Waals surface area contributed by atoms with E-state index in [2.05, 4.69) is 51.4 Å². The molecule has 3 saturated heterocycles. The van der Waals surface area contributed by atoms with Crippen LogP contribution in [0, 0.1) is 0 Å². The average Bonchev–Trinajstić information content (AvgIpc) is 4.35. The molecule has 3 aliphatic heterocycles. The second kappa shape index (κ2) is 36.8. The number of aromatic nitrogens is 3. The van der Waals surface area contributed by atoms with E-state index in [-0.39, 0.29) is 39.5 Å². The summed E-state index contributed by atoms with van der Waals surface area (Å²) in [5.41, 5.74) is -1.89. The molecule has 0 radical (unpaired) electrons. The van der Waals surface area contributed by atoms with E-state index in [0.717, 1.165) is 38.9 Å². The number of hydrogen-bond acceptors (Lipinski definition) is 18. The summed E-state index contributed by atoms with van der Waals surface area (Å²) in [6.07, 6.45) is 5.15. The first-order valence-corrected chi connectivity index (χ1v) is 27.5. The Bertz CT molecular complexity index is 1710. The molecule has 24 nitrogen and oxygen atoms in total. The summed E-state index contributed by atoms with van der Waals surface area (Å²) in [5, 5.41) is 8.47. The first-order chi connectivity index (χ1) is 36.3. The fourth-order valence-electron chi connectivity index (χ4n) is 8.52. The third kappa shape index (κ3) is 26.7. The van der Waals surface area contributed by atoms with Crippen molar-refractivity contribution in [2.45, 2.75) is 154 Å². The van der Waals surface area contributed by atoms with Crippen molar-refractivity contribution in [2.24, 2.45) is 0 Å². The predicted octanol–water partition coefficient (Wildman–Crippen LogP) is 2.24. The van der Waals surface area contributed by atoms with E-state index in [0.29, 0.717) is 155 Å². The zero-order chi connectivity index (χ0) is 54.2. The quantitative estimate of drug-likeness (QED) is 0.0482. The molecule has 432 valence electrons.